The van der Waals surface area contributed by atoms with Gasteiger partial charge in [0.15, 0.2) is 11.5 Å². The molecule has 2 N–H and O–H groups in total. The van der Waals surface area contributed by atoms with Gasteiger partial charge in [-0.2, -0.15) is 0 Å². The van der Waals surface area contributed by atoms with E-state index in [0.717, 1.165) is 5.56 Å². The van der Waals surface area contributed by atoms with Crippen molar-refractivity contribution in [2.75, 3.05) is 33.3 Å². The van der Waals surface area contributed by atoms with Gasteiger partial charge < -0.3 is 29.5 Å². The molecule has 0 atom stereocenters. The highest BCUT2D eigenvalue weighted by molar-refractivity contribution is 6.04. The molecule has 0 unspecified atom stereocenters. The number of aromatic hydroxyl groups is 1. The highest BCUT2D eigenvalue weighted by Gasteiger charge is 2.16. The van der Waals surface area contributed by atoms with Gasteiger partial charge in [-0.25, -0.2) is 0 Å². The summed E-state index contributed by atoms with van der Waals surface area (Å²) in [5, 5.41) is 12.4. The highest BCUT2D eigenvalue weighted by Crippen LogP contribution is 2.28. The topological polar surface area (TPSA) is 97.3 Å². The second-order valence-corrected chi connectivity index (χ2v) is 7.54. The molecule has 3 rings (SSSR count). The lowest BCUT2D eigenvalue weighted by Crippen LogP contribution is -2.29. The van der Waals surface area contributed by atoms with E-state index >= 15 is 0 Å². The van der Waals surface area contributed by atoms with Crippen molar-refractivity contribution in [2.24, 2.45) is 0 Å². The number of methoxy groups -OCH3 is 3. The SMILES string of the molecule is CNC(=O)c1ccc(N(Cc2cc(OC)cc(OC)c2)C(=O)C=Cc2ccc(O)c(OC)c2)cc1. The van der Waals surface area contributed by atoms with Gasteiger partial charge in [-0.05, 0) is 65.7 Å². The predicted molar refractivity (Wildman–Crippen MR) is 134 cm³/mol. The third kappa shape index (κ3) is 6.32. The third-order valence-electron chi connectivity index (χ3n) is 5.31. The van der Waals surface area contributed by atoms with Crippen LogP contribution < -0.4 is 24.4 Å². The number of ether oxygens (including phenoxy) is 3. The minimum Gasteiger partial charge on any atom is -0.504 e. The number of nitrogens with zero attached hydrogens (tertiary/aromatic N) is 1. The maximum Gasteiger partial charge on any atom is 0.251 e. The van der Waals surface area contributed by atoms with Crippen molar-refractivity contribution >= 4 is 23.6 Å². The summed E-state index contributed by atoms with van der Waals surface area (Å²) in [6, 6.07) is 17.0. The number of anilines is 1. The van der Waals surface area contributed by atoms with E-state index in [1.807, 2.05) is 12.1 Å². The lowest BCUT2D eigenvalue weighted by atomic mass is 10.1. The first-order valence-electron chi connectivity index (χ1n) is 10.8. The van der Waals surface area contributed by atoms with Crippen LogP contribution in [0, 0.1) is 0 Å². The molecule has 0 heterocycles. The number of benzene rings is 3. The van der Waals surface area contributed by atoms with Crippen molar-refractivity contribution in [1.82, 2.24) is 5.32 Å². The summed E-state index contributed by atoms with van der Waals surface area (Å²) in [6.07, 6.45) is 3.08. The van der Waals surface area contributed by atoms with E-state index in [1.165, 1.54) is 19.3 Å². The summed E-state index contributed by atoms with van der Waals surface area (Å²) < 4.78 is 15.9. The van der Waals surface area contributed by atoms with Crippen LogP contribution in [0.5, 0.6) is 23.0 Å². The smallest absolute Gasteiger partial charge is 0.251 e. The van der Waals surface area contributed by atoms with Gasteiger partial charge in [0.05, 0.1) is 27.9 Å². The van der Waals surface area contributed by atoms with Crippen LogP contribution in [0.25, 0.3) is 6.08 Å². The van der Waals surface area contributed by atoms with Gasteiger partial charge in [-0.3, -0.25) is 9.59 Å². The van der Waals surface area contributed by atoms with Crippen molar-refractivity contribution in [3.05, 3.63) is 83.4 Å². The second kappa shape index (κ2) is 11.6. The molecule has 182 valence electrons. The van der Waals surface area contributed by atoms with Gasteiger partial charge in [-0.1, -0.05) is 6.07 Å². The average molecular weight is 477 g/mol. The molecule has 0 aliphatic heterocycles. The fourth-order valence-corrected chi connectivity index (χ4v) is 3.43. The molecule has 0 radical (unpaired) electrons. The number of phenolic OH excluding ortho intramolecular Hbond substituents is 1. The van der Waals surface area contributed by atoms with Gasteiger partial charge in [0.2, 0.25) is 0 Å². The largest absolute Gasteiger partial charge is 0.504 e. The molecule has 3 aromatic rings. The molecule has 0 aromatic heterocycles. The number of carbonyl (C=O) groups excluding carboxylic acids is 2. The lowest BCUT2D eigenvalue weighted by molar-refractivity contribution is -0.114. The fourth-order valence-electron chi connectivity index (χ4n) is 3.43. The Labute approximate surface area is 204 Å². The summed E-state index contributed by atoms with van der Waals surface area (Å²) in [6.45, 7) is 0.231. The number of nitrogens with one attached hydrogen (secondary N) is 1. The summed E-state index contributed by atoms with van der Waals surface area (Å²) in [5.74, 6) is 1.03. The Morgan fingerprint density at radius 3 is 2.14 bits per heavy atom. The monoisotopic (exact) mass is 476 g/mol. The Balaban J connectivity index is 1.96. The van der Waals surface area contributed by atoms with Gasteiger partial charge in [-0.15, -0.1) is 0 Å². The summed E-state index contributed by atoms with van der Waals surface area (Å²) >= 11 is 0. The second-order valence-electron chi connectivity index (χ2n) is 7.54. The quantitative estimate of drug-likeness (QED) is 0.453. The van der Waals surface area contributed by atoms with Crippen LogP contribution in [-0.4, -0.2) is 45.3 Å². The van der Waals surface area contributed by atoms with Crippen LogP contribution in [0.4, 0.5) is 5.69 Å². The minimum absolute atomic E-state index is 0.0146. The first-order valence-corrected chi connectivity index (χ1v) is 10.8. The number of amides is 2. The molecular formula is C27H28N2O6. The number of rotatable bonds is 9. The average Bonchev–Trinajstić information content (AvgIpc) is 2.90. The number of carbonyl (C=O) groups is 2. The van der Waals surface area contributed by atoms with Crippen molar-refractivity contribution in [1.29, 1.82) is 0 Å². The van der Waals surface area contributed by atoms with Gasteiger partial charge in [0.1, 0.15) is 11.5 Å². The van der Waals surface area contributed by atoms with Crippen molar-refractivity contribution in [3.8, 4) is 23.0 Å². The lowest BCUT2D eigenvalue weighted by Gasteiger charge is -2.22. The van der Waals surface area contributed by atoms with E-state index in [2.05, 4.69) is 5.32 Å². The minimum atomic E-state index is -0.286. The van der Waals surface area contributed by atoms with Crippen LogP contribution in [0.3, 0.4) is 0 Å². The zero-order chi connectivity index (χ0) is 25.4. The molecule has 35 heavy (non-hydrogen) atoms. The third-order valence-corrected chi connectivity index (χ3v) is 5.31. The molecule has 0 spiro atoms. The Hall–Kier alpha value is -4.46. The molecule has 3 aromatic carbocycles. The molecule has 8 heteroatoms. The number of hydrogen-bond acceptors (Lipinski definition) is 6. The normalized spacial score (nSPS) is 10.6. The van der Waals surface area contributed by atoms with E-state index in [9.17, 15) is 14.7 Å². The maximum absolute atomic E-state index is 13.3. The van der Waals surface area contributed by atoms with Gasteiger partial charge >= 0.3 is 0 Å². The predicted octanol–water partition coefficient (Wildman–Crippen LogP) is 4.02. The van der Waals surface area contributed by atoms with E-state index in [4.69, 9.17) is 14.2 Å². The van der Waals surface area contributed by atoms with Crippen LogP contribution in [0.15, 0.2) is 66.7 Å². The summed E-state index contributed by atoms with van der Waals surface area (Å²) in [7, 11) is 6.15. The Morgan fingerprint density at radius 1 is 0.914 bits per heavy atom. The number of phenols is 1. The molecule has 0 aliphatic rings. The van der Waals surface area contributed by atoms with Crippen LogP contribution in [0.1, 0.15) is 21.5 Å². The molecule has 2 amide bonds. The standard InChI is InChI=1S/C27H28N2O6/c1-28-27(32)20-7-9-21(10-8-20)29(17-19-13-22(33-2)16-23(14-19)34-3)26(31)12-6-18-5-11-24(30)25(15-18)35-4/h5-16,30H,17H2,1-4H3,(H,28,32). The van der Waals surface area contributed by atoms with E-state index in [-0.39, 0.29) is 24.1 Å². The number of hydrogen-bond donors (Lipinski definition) is 2. The van der Waals surface area contributed by atoms with Crippen molar-refractivity contribution < 1.29 is 28.9 Å². The van der Waals surface area contributed by atoms with Crippen molar-refractivity contribution in [3.63, 3.8) is 0 Å². The van der Waals surface area contributed by atoms with Gasteiger partial charge in [0, 0.05) is 30.4 Å². The molecule has 0 saturated carbocycles. The van der Waals surface area contributed by atoms with E-state index in [1.54, 1.807) is 74.7 Å². The molecule has 0 fully saturated rings. The molecule has 0 bridgehead atoms. The fraction of sp³-hybridized carbons (Fsp3) is 0.185. The molecule has 8 nitrogen and oxygen atoms in total. The first kappa shape index (κ1) is 25.2. The Kier molecular flexibility index (Phi) is 8.34. The molecule has 0 aliphatic carbocycles. The Morgan fingerprint density at radius 2 is 1.57 bits per heavy atom. The zero-order valence-electron chi connectivity index (χ0n) is 20.1. The molecular weight excluding hydrogens is 448 g/mol. The first-order chi connectivity index (χ1) is 16.9. The van der Waals surface area contributed by atoms with Crippen LogP contribution in [0.2, 0.25) is 0 Å². The highest BCUT2D eigenvalue weighted by atomic mass is 16.5. The maximum atomic E-state index is 13.3. The van der Waals surface area contributed by atoms with E-state index in [0.29, 0.717) is 34.1 Å². The van der Waals surface area contributed by atoms with Crippen LogP contribution in [-0.2, 0) is 11.3 Å². The molecule has 0 saturated heterocycles. The van der Waals surface area contributed by atoms with Crippen molar-refractivity contribution in [2.45, 2.75) is 6.54 Å². The summed E-state index contributed by atoms with van der Waals surface area (Å²) in [5.41, 5.74) is 2.58. The Bertz CT molecular complexity index is 1200. The van der Waals surface area contributed by atoms with Gasteiger partial charge in [0.25, 0.3) is 11.8 Å². The van der Waals surface area contributed by atoms with Crippen LogP contribution >= 0.6 is 0 Å². The summed E-state index contributed by atoms with van der Waals surface area (Å²) in [4.78, 5) is 26.9. The zero-order valence-corrected chi connectivity index (χ0v) is 20.1. The van der Waals surface area contributed by atoms with E-state index < -0.39 is 0 Å².